The average molecular weight is 210 g/mol. The van der Waals surface area contributed by atoms with Crippen molar-refractivity contribution in [2.24, 2.45) is 0 Å². The maximum absolute atomic E-state index is 5.67. The first-order valence-electron chi connectivity index (χ1n) is 4.99. The first-order valence-corrected chi connectivity index (χ1v) is 4.99. The van der Waals surface area contributed by atoms with Gasteiger partial charge in [-0.05, 0) is 24.3 Å². The van der Waals surface area contributed by atoms with Crippen LogP contribution in [-0.2, 0) is 0 Å². The van der Waals surface area contributed by atoms with Crippen molar-refractivity contribution >= 4 is 16.9 Å². The molecule has 3 aromatic heterocycles. The highest BCUT2D eigenvalue weighted by atomic mass is 14.9. The van der Waals surface area contributed by atoms with E-state index in [2.05, 4.69) is 15.0 Å². The molecule has 0 atom stereocenters. The number of nitrogens with two attached hydrogens (primary N) is 1. The summed E-state index contributed by atoms with van der Waals surface area (Å²) in [6.07, 6.45) is 3.66. The van der Waals surface area contributed by atoms with Crippen molar-refractivity contribution in [3.8, 4) is 11.3 Å². The molecule has 0 saturated carbocycles. The zero-order valence-electron chi connectivity index (χ0n) is 8.51. The van der Waals surface area contributed by atoms with Crippen molar-refractivity contribution in [1.82, 2.24) is 15.0 Å². The molecular weight excluding hydrogens is 200 g/mol. The molecule has 0 spiro atoms. The highest BCUT2D eigenvalue weighted by molar-refractivity contribution is 5.92. The second kappa shape index (κ2) is 3.34. The molecule has 4 nitrogen and oxygen atoms in total. The zero-order valence-corrected chi connectivity index (χ0v) is 8.51. The van der Waals surface area contributed by atoms with Crippen molar-refractivity contribution in [2.75, 3.05) is 5.73 Å². The van der Waals surface area contributed by atoms with Gasteiger partial charge in [-0.1, -0.05) is 6.07 Å². The molecule has 3 aromatic rings. The van der Waals surface area contributed by atoms with Crippen LogP contribution in [0.2, 0.25) is 0 Å². The van der Waals surface area contributed by atoms with Crippen molar-refractivity contribution < 1.29 is 0 Å². The van der Waals surface area contributed by atoms with E-state index in [1.54, 1.807) is 12.3 Å². The van der Waals surface area contributed by atoms with E-state index < -0.39 is 0 Å². The van der Waals surface area contributed by atoms with Gasteiger partial charge in [0.1, 0.15) is 11.5 Å². The number of hydrogen-bond donors (Lipinski definition) is 2. The monoisotopic (exact) mass is 210 g/mol. The van der Waals surface area contributed by atoms with Gasteiger partial charge in [0.2, 0.25) is 0 Å². The van der Waals surface area contributed by atoms with Crippen LogP contribution in [0.25, 0.3) is 22.3 Å². The molecule has 16 heavy (non-hydrogen) atoms. The van der Waals surface area contributed by atoms with Crippen LogP contribution >= 0.6 is 0 Å². The molecule has 4 heteroatoms. The summed E-state index contributed by atoms with van der Waals surface area (Å²) in [4.78, 5) is 11.6. The van der Waals surface area contributed by atoms with E-state index in [9.17, 15) is 0 Å². The second-order valence-electron chi connectivity index (χ2n) is 3.55. The number of nitrogens with zero attached hydrogens (tertiary/aromatic N) is 2. The van der Waals surface area contributed by atoms with Crippen LogP contribution < -0.4 is 5.73 Å². The van der Waals surface area contributed by atoms with Gasteiger partial charge in [-0.2, -0.15) is 0 Å². The fourth-order valence-corrected chi connectivity index (χ4v) is 1.77. The summed E-state index contributed by atoms with van der Waals surface area (Å²) < 4.78 is 0. The van der Waals surface area contributed by atoms with Crippen LogP contribution in [0.1, 0.15) is 0 Å². The number of aromatic amines is 1. The summed E-state index contributed by atoms with van der Waals surface area (Å²) in [6, 6.07) is 9.53. The number of anilines is 1. The first-order chi connectivity index (χ1) is 7.84. The van der Waals surface area contributed by atoms with Gasteiger partial charge in [-0.3, -0.25) is 0 Å². The highest BCUT2D eigenvalue weighted by Gasteiger charge is 2.07. The Balaban J connectivity index is 2.26. The molecule has 0 aliphatic rings. The molecule has 0 bridgehead atoms. The summed E-state index contributed by atoms with van der Waals surface area (Å²) in [6.45, 7) is 0. The molecule has 0 fully saturated rings. The lowest BCUT2D eigenvalue weighted by Crippen LogP contribution is -1.90. The summed E-state index contributed by atoms with van der Waals surface area (Å²) in [5.41, 5.74) is 8.42. The second-order valence-corrected chi connectivity index (χ2v) is 3.55. The smallest absolute Gasteiger partial charge is 0.137 e. The van der Waals surface area contributed by atoms with E-state index in [1.807, 2.05) is 30.5 Å². The molecule has 0 unspecified atom stereocenters. The number of nitrogen functional groups attached to an aromatic ring is 1. The van der Waals surface area contributed by atoms with Gasteiger partial charge in [0.05, 0.1) is 5.69 Å². The Morgan fingerprint density at radius 3 is 2.94 bits per heavy atom. The maximum Gasteiger partial charge on any atom is 0.137 e. The first kappa shape index (κ1) is 8.91. The maximum atomic E-state index is 5.67. The van der Waals surface area contributed by atoms with Gasteiger partial charge in [0.25, 0.3) is 0 Å². The van der Waals surface area contributed by atoms with E-state index in [-0.39, 0.29) is 0 Å². The highest BCUT2D eigenvalue weighted by Crippen LogP contribution is 2.26. The third-order valence-corrected chi connectivity index (χ3v) is 2.50. The summed E-state index contributed by atoms with van der Waals surface area (Å²) >= 11 is 0. The zero-order chi connectivity index (χ0) is 11.0. The number of nitrogens with one attached hydrogen (secondary N) is 1. The third-order valence-electron chi connectivity index (χ3n) is 2.50. The minimum atomic E-state index is 0.524. The number of pyridine rings is 2. The largest absolute Gasteiger partial charge is 0.384 e. The van der Waals surface area contributed by atoms with Crippen molar-refractivity contribution in [1.29, 1.82) is 0 Å². The molecule has 0 aliphatic heterocycles. The van der Waals surface area contributed by atoms with E-state index in [0.717, 1.165) is 22.3 Å². The Morgan fingerprint density at radius 2 is 2.06 bits per heavy atom. The van der Waals surface area contributed by atoms with Gasteiger partial charge in [-0.25, -0.2) is 9.97 Å². The molecule has 3 heterocycles. The van der Waals surface area contributed by atoms with E-state index >= 15 is 0 Å². The van der Waals surface area contributed by atoms with Crippen LogP contribution in [0.5, 0.6) is 0 Å². The Hall–Kier alpha value is -2.36. The Bertz CT molecular complexity index is 642. The minimum Gasteiger partial charge on any atom is -0.384 e. The van der Waals surface area contributed by atoms with E-state index in [1.165, 1.54) is 0 Å². The van der Waals surface area contributed by atoms with E-state index in [4.69, 9.17) is 5.73 Å². The fraction of sp³-hybridized carbons (Fsp3) is 0. The molecule has 0 aliphatic carbocycles. The van der Waals surface area contributed by atoms with Gasteiger partial charge < -0.3 is 10.7 Å². The fourth-order valence-electron chi connectivity index (χ4n) is 1.77. The number of hydrogen-bond acceptors (Lipinski definition) is 3. The van der Waals surface area contributed by atoms with Gasteiger partial charge in [0, 0.05) is 23.3 Å². The van der Waals surface area contributed by atoms with Gasteiger partial charge in [0.15, 0.2) is 0 Å². The third kappa shape index (κ3) is 1.32. The lowest BCUT2D eigenvalue weighted by molar-refractivity contribution is 1.32. The van der Waals surface area contributed by atoms with Crippen LogP contribution in [0, 0.1) is 0 Å². The lowest BCUT2D eigenvalue weighted by atomic mass is 10.1. The predicted octanol–water partition coefficient (Wildman–Crippen LogP) is 2.21. The topological polar surface area (TPSA) is 67.6 Å². The molecule has 0 saturated heterocycles. The number of rotatable bonds is 1. The molecule has 78 valence electrons. The molecule has 0 amide bonds. The quantitative estimate of drug-likeness (QED) is 0.647. The number of fused-ring (bicyclic) bond motifs is 1. The Labute approximate surface area is 92.2 Å². The van der Waals surface area contributed by atoms with Crippen LogP contribution in [0.15, 0.2) is 42.7 Å². The lowest BCUT2D eigenvalue weighted by Gasteiger charge is -1.99. The Morgan fingerprint density at radius 1 is 1.12 bits per heavy atom. The number of aromatic nitrogens is 3. The molecular formula is C12H10N4. The number of H-pyrrole nitrogens is 1. The molecule has 0 aromatic carbocycles. The van der Waals surface area contributed by atoms with Crippen molar-refractivity contribution in [2.45, 2.75) is 0 Å². The minimum absolute atomic E-state index is 0.524. The van der Waals surface area contributed by atoms with Crippen molar-refractivity contribution in [3.63, 3.8) is 0 Å². The molecule has 3 N–H and O–H groups in total. The predicted molar refractivity (Wildman–Crippen MR) is 63.7 cm³/mol. The summed E-state index contributed by atoms with van der Waals surface area (Å²) in [7, 11) is 0. The SMILES string of the molecule is Nc1cccc(-c2c[nH]c3ncccc23)n1. The summed E-state index contributed by atoms with van der Waals surface area (Å²) in [5, 5.41) is 1.06. The average Bonchev–Trinajstić information content (AvgIpc) is 2.72. The van der Waals surface area contributed by atoms with Gasteiger partial charge >= 0.3 is 0 Å². The summed E-state index contributed by atoms with van der Waals surface area (Å²) in [5.74, 6) is 0.524. The molecule has 3 rings (SSSR count). The van der Waals surface area contributed by atoms with Crippen LogP contribution in [-0.4, -0.2) is 15.0 Å². The normalized spacial score (nSPS) is 10.8. The van der Waals surface area contributed by atoms with E-state index in [0.29, 0.717) is 5.82 Å². The molecule has 0 radical (unpaired) electrons. The Kier molecular flexibility index (Phi) is 1.86. The van der Waals surface area contributed by atoms with Crippen molar-refractivity contribution in [3.05, 3.63) is 42.7 Å². The van der Waals surface area contributed by atoms with Crippen LogP contribution in [0.3, 0.4) is 0 Å². The van der Waals surface area contributed by atoms with Gasteiger partial charge in [-0.15, -0.1) is 0 Å². The van der Waals surface area contributed by atoms with Crippen LogP contribution in [0.4, 0.5) is 5.82 Å². The standard InChI is InChI=1S/C12H10N4/c13-11-5-1-4-10(16-11)9-7-15-12-8(9)3-2-6-14-12/h1-7H,(H2,13,16)(H,14,15).